The van der Waals surface area contributed by atoms with Crippen molar-refractivity contribution in [1.82, 2.24) is 5.32 Å². The Morgan fingerprint density at radius 2 is 1.70 bits per heavy atom. The highest BCUT2D eigenvalue weighted by atomic mass is 16.7. The lowest BCUT2D eigenvalue weighted by Crippen LogP contribution is -2.49. The molecule has 8 atom stereocenters. The maximum Gasteiger partial charge on any atom is 0.302 e. The number of rotatable bonds is 11. The Morgan fingerprint density at radius 3 is 2.34 bits per heavy atom. The number of aromatic hydroxyl groups is 1. The zero-order valence-corrected chi connectivity index (χ0v) is 29.3. The number of Topliss-reactive ketones (excluding diaryl/α,β-unsaturated/α-hetero) is 2. The van der Waals surface area contributed by atoms with Crippen LogP contribution in [0.4, 0.5) is 0 Å². The number of aldehydes is 1. The highest BCUT2D eigenvalue weighted by Crippen LogP contribution is 2.46. The van der Waals surface area contributed by atoms with Gasteiger partial charge in [0.1, 0.15) is 30.7 Å². The van der Waals surface area contributed by atoms with E-state index in [1.165, 1.54) is 32.9 Å². The Kier molecular flexibility index (Phi) is 11.5. The Labute approximate surface area is 290 Å². The fraction of sp³-hybridized carbons (Fsp3) is 0.459. The van der Waals surface area contributed by atoms with Crippen LogP contribution in [-0.4, -0.2) is 76.6 Å². The van der Waals surface area contributed by atoms with Crippen LogP contribution in [0, 0.1) is 30.6 Å². The van der Waals surface area contributed by atoms with Gasteiger partial charge in [0.05, 0.1) is 34.6 Å². The molecule has 1 fully saturated rings. The molecule has 1 amide bonds. The van der Waals surface area contributed by atoms with Crippen molar-refractivity contribution in [2.45, 2.75) is 79.5 Å². The first kappa shape index (κ1) is 38.1. The lowest BCUT2D eigenvalue weighted by atomic mass is 9.78. The molecule has 1 saturated heterocycles. The Morgan fingerprint density at radius 1 is 1.04 bits per heavy atom. The number of nitrogens with one attached hydrogen (secondary N) is 1. The van der Waals surface area contributed by atoms with Crippen LogP contribution in [0.15, 0.2) is 47.7 Å². The summed E-state index contributed by atoms with van der Waals surface area (Å²) in [5, 5.41) is 23.6. The minimum atomic E-state index is -2.28. The van der Waals surface area contributed by atoms with Gasteiger partial charge in [-0.3, -0.25) is 28.8 Å². The smallest absolute Gasteiger partial charge is 0.302 e. The van der Waals surface area contributed by atoms with Crippen LogP contribution < -0.4 is 10.1 Å². The standard InChI is InChI=1S/C37H43NO12/c1-17(31-21(5)33(48-16-47-31)22(6)32(49-23(7)40)18(2)13-10-14-39)11-9-12-19(3)36(45)38-24-15-25(41)26-27(30(24)43)29(42)20(4)34-28(26)35(44)37(8,46)50-34/h9-15,17-18,21-22,31-33,42,46H,16H2,1-8H3,(H,38,45)/b11-9+,13-10?,19-12-/t17-,18+,21+,22-,31-,32+,33+,37-/m0/s1. The average Bonchev–Trinajstić information content (AvgIpc) is 3.30. The van der Waals surface area contributed by atoms with E-state index in [0.29, 0.717) is 6.29 Å². The van der Waals surface area contributed by atoms with E-state index < -0.39 is 63.7 Å². The molecular weight excluding hydrogens is 650 g/mol. The normalized spacial score (nSPS) is 26.1. The van der Waals surface area contributed by atoms with Crippen molar-refractivity contribution in [2.75, 3.05) is 6.79 Å². The molecule has 3 aliphatic rings. The molecule has 2 heterocycles. The van der Waals surface area contributed by atoms with Gasteiger partial charge >= 0.3 is 5.97 Å². The first-order chi connectivity index (χ1) is 23.4. The number of benzene rings is 1. The molecule has 1 aromatic carbocycles. The van der Waals surface area contributed by atoms with Crippen molar-refractivity contribution in [3.8, 4) is 11.5 Å². The molecule has 0 bridgehead atoms. The third-order valence-corrected chi connectivity index (χ3v) is 9.40. The van der Waals surface area contributed by atoms with Gasteiger partial charge in [0.25, 0.3) is 11.7 Å². The predicted octanol–water partition coefficient (Wildman–Crippen LogP) is 3.84. The van der Waals surface area contributed by atoms with Gasteiger partial charge in [0.15, 0.2) is 5.78 Å². The van der Waals surface area contributed by atoms with Crippen molar-refractivity contribution in [3.05, 3.63) is 70.0 Å². The van der Waals surface area contributed by atoms with Crippen molar-refractivity contribution in [1.29, 1.82) is 0 Å². The fourth-order valence-electron chi connectivity index (χ4n) is 6.76. The Balaban J connectivity index is 1.46. The molecule has 2 aliphatic heterocycles. The van der Waals surface area contributed by atoms with Crippen molar-refractivity contribution >= 4 is 35.5 Å². The number of hydrogen-bond donors (Lipinski definition) is 3. The number of amides is 1. The molecule has 0 saturated carbocycles. The van der Waals surface area contributed by atoms with Gasteiger partial charge in [-0.25, -0.2) is 0 Å². The van der Waals surface area contributed by atoms with Gasteiger partial charge in [-0.15, -0.1) is 0 Å². The second-order valence-electron chi connectivity index (χ2n) is 13.2. The summed E-state index contributed by atoms with van der Waals surface area (Å²) in [4.78, 5) is 75.2. The zero-order chi connectivity index (χ0) is 37.2. The van der Waals surface area contributed by atoms with Crippen LogP contribution >= 0.6 is 0 Å². The number of aliphatic hydroxyl groups is 1. The first-order valence-corrected chi connectivity index (χ1v) is 16.3. The van der Waals surface area contributed by atoms with Crippen LogP contribution in [0.1, 0.15) is 85.1 Å². The molecule has 1 aromatic rings. The first-order valence-electron chi connectivity index (χ1n) is 16.3. The second kappa shape index (κ2) is 15.0. The van der Waals surface area contributed by atoms with Gasteiger partial charge in [0, 0.05) is 54.7 Å². The average molecular weight is 694 g/mol. The van der Waals surface area contributed by atoms with Crippen molar-refractivity contribution in [3.63, 3.8) is 0 Å². The Bertz CT molecular complexity index is 1730. The third kappa shape index (κ3) is 7.40. The Hall–Kier alpha value is -4.72. The summed E-state index contributed by atoms with van der Waals surface area (Å²) in [5.41, 5.74) is -1.36. The van der Waals surface area contributed by atoms with Gasteiger partial charge in [-0.1, -0.05) is 52.0 Å². The minimum absolute atomic E-state index is 0.0111. The number of fused-ring (bicyclic) bond motifs is 3. The maximum atomic E-state index is 13.4. The SMILES string of the molecule is CC(=O)O[C@@H]([C@H](C)[C@@H]1OCO[C@@H]([C@@H](C)/C=C/C=C(/C)C(=O)NC2=CC(=O)c3c(c(O)c(C)c4c3C(=O)[C@@](C)(O)O4)C2=O)[C@H]1C)[C@H](C)C=CC=O. The minimum Gasteiger partial charge on any atom is -0.507 e. The van der Waals surface area contributed by atoms with E-state index in [4.69, 9.17) is 18.9 Å². The summed E-state index contributed by atoms with van der Waals surface area (Å²) in [7, 11) is 0. The lowest BCUT2D eigenvalue weighted by molar-refractivity contribution is -0.234. The molecule has 3 N–H and O–H groups in total. The molecule has 50 heavy (non-hydrogen) atoms. The molecule has 13 nitrogen and oxygen atoms in total. The predicted molar refractivity (Wildman–Crippen MR) is 178 cm³/mol. The number of hydrogen-bond acceptors (Lipinski definition) is 12. The van der Waals surface area contributed by atoms with Crippen LogP contribution in [0.25, 0.3) is 0 Å². The highest BCUT2D eigenvalue weighted by Gasteiger charge is 2.49. The van der Waals surface area contributed by atoms with E-state index in [9.17, 15) is 39.0 Å². The summed E-state index contributed by atoms with van der Waals surface area (Å²) in [6, 6.07) is 0. The number of carbonyl (C=O) groups is 6. The molecule has 13 heteroatoms. The summed E-state index contributed by atoms with van der Waals surface area (Å²) in [6.07, 6.45) is 8.49. The van der Waals surface area contributed by atoms with Crippen molar-refractivity contribution < 1.29 is 57.9 Å². The monoisotopic (exact) mass is 693 g/mol. The number of phenols is 1. The molecule has 4 rings (SSSR count). The van der Waals surface area contributed by atoms with Crippen molar-refractivity contribution in [2.24, 2.45) is 23.7 Å². The molecular formula is C37H43NO12. The quantitative estimate of drug-likeness (QED) is 0.132. The van der Waals surface area contributed by atoms with Gasteiger partial charge in [0.2, 0.25) is 11.6 Å². The van der Waals surface area contributed by atoms with Gasteiger partial charge in [-0.05, 0) is 19.9 Å². The van der Waals surface area contributed by atoms with Crippen LogP contribution in [0.3, 0.4) is 0 Å². The van der Waals surface area contributed by atoms with Gasteiger partial charge < -0.3 is 34.5 Å². The zero-order valence-electron chi connectivity index (χ0n) is 29.3. The van der Waals surface area contributed by atoms with Crippen LogP contribution in [0.2, 0.25) is 0 Å². The second-order valence-corrected chi connectivity index (χ2v) is 13.2. The number of ether oxygens (including phenoxy) is 4. The van der Waals surface area contributed by atoms with E-state index in [1.807, 2.05) is 33.8 Å². The third-order valence-electron chi connectivity index (χ3n) is 9.40. The molecule has 0 spiro atoms. The topological polar surface area (TPSA) is 192 Å². The molecule has 0 unspecified atom stereocenters. The molecule has 0 aromatic heterocycles. The maximum absolute atomic E-state index is 13.4. The lowest BCUT2D eigenvalue weighted by Gasteiger charge is -2.43. The molecule has 1 aliphatic carbocycles. The molecule has 268 valence electrons. The summed E-state index contributed by atoms with van der Waals surface area (Å²) < 4.78 is 22.9. The summed E-state index contributed by atoms with van der Waals surface area (Å²) >= 11 is 0. The van der Waals surface area contributed by atoms with E-state index in [2.05, 4.69) is 5.32 Å². The largest absolute Gasteiger partial charge is 0.507 e. The van der Waals surface area contributed by atoms with E-state index in [0.717, 1.165) is 13.0 Å². The van der Waals surface area contributed by atoms with E-state index in [1.54, 1.807) is 12.2 Å². The number of esters is 1. The van der Waals surface area contributed by atoms with Gasteiger partial charge in [-0.2, -0.15) is 0 Å². The summed E-state index contributed by atoms with van der Waals surface area (Å²) in [5.74, 6) is -7.58. The number of carbonyl (C=O) groups excluding carboxylic acids is 6. The number of allylic oxidation sites excluding steroid dienone is 5. The van der Waals surface area contributed by atoms with Crippen LogP contribution in [0.5, 0.6) is 11.5 Å². The van der Waals surface area contributed by atoms with E-state index >= 15 is 0 Å². The van der Waals surface area contributed by atoms with E-state index in [-0.39, 0.29) is 65.1 Å². The number of ketones is 3. The van der Waals surface area contributed by atoms with Crippen LogP contribution in [-0.2, 0) is 28.6 Å². The highest BCUT2D eigenvalue weighted by molar-refractivity contribution is 6.30. The number of phenolic OH excluding ortho intramolecular Hbond substituents is 1. The molecule has 0 radical (unpaired) electrons. The summed E-state index contributed by atoms with van der Waals surface area (Å²) in [6.45, 7) is 13.1. The fourth-order valence-corrected chi connectivity index (χ4v) is 6.76.